The van der Waals surface area contributed by atoms with Crippen molar-refractivity contribution < 1.29 is 4.74 Å². The average Bonchev–Trinajstić information content (AvgIpc) is 2.58. The Bertz CT molecular complexity index is 409. The SMILES string of the molecule is CC(C)c1nn(C)cc1NC1CCOC(C)(C)C1. The van der Waals surface area contributed by atoms with Crippen LogP contribution in [0.4, 0.5) is 5.69 Å². The van der Waals surface area contributed by atoms with Gasteiger partial charge in [-0.3, -0.25) is 4.68 Å². The van der Waals surface area contributed by atoms with Crippen LogP contribution in [0.25, 0.3) is 0 Å². The summed E-state index contributed by atoms with van der Waals surface area (Å²) >= 11 is 0. The van der Waals surface area contributed by atoms with Crippen molar-refractivity contribution in [3.8, 4) is 0 Å². The highest BCUT2D eigenvalue weighted by Gasteiger charge is 2.29. The van der Waals surface area contributed by atoms with Gasteiger partial charge in [-0.1, -0.05) is 13.8 Å². The third-order valence-electron chi connectivity index (χ3n) is 3.46. The summed E-state index contributed by atoms with van der Waals surface area (Å²) in [5.41, 5.74) is 2.31. The standard InChI is InChI=1S/C14H25N3O/c1-10(2)13-12(9-17(5)16-13)15-11-6-7-18-14(3,4)8-11/h9-11,15H,6-8H2,1-5H3. The minimum absolute atomic E-state index is 0.0177. The van der Waals surface area contributed by atoms with E-state index in [0.717, 1.165) is 25.1 Å². The molecule has 4 heteroatoms. The molecule has 0 spiro atoms. The Morgan fingerprint density at radius 1 is 1.50 bits per heavy atom. The molecule has 1 aliphatic heterocycles. The second kappa shape index (κ2) is 4.92. The van der Waals surface area contributed by atoms with E-state index in [1.54, 1.807) is 0 Å². The quantitative estimate of drug-likeness (QED) is 0.897. The highest BCUT2D eigenvalue weighted by atomic mass is 16.5. The summed E-state index contributed by atoms with van der Waals surface area (Å²) in [4.78, 5) is 0. The maximum absolute atomic E-state index is 5.76. The normalized spacial score (nSPS) is 23.3. The van der Waals surface area contributed by atoms with Crippen LogP contribution >= 0.6 is 0 Å². The van der Waals surface area contributed by atoms with E-state index in [4.69, 9.17) is 4.74 Å². The van der Waals surface area contributed by atoms with E-state index in [-0.39, 0.29) is 5.60 Å². The first-order valence-corrected chi connectivity index (χ1v) is 6.81. The molecule has 0 aromatic carbocycles. The first kappa shape index (κ1) is 13.4. The van der Waals surface area contributed by atoms with Crippen molar-refractivity contribution in [1.29, 1.82) is 0 Å². The topological polar surface area (TPSA) is 39.1 Å². The predicted octanol–water partition coefficient (Wildman–Crippen LogP) is 2.91. The minimum Gasteiger partial charge on any atom is -0.379 e. The van der Waals surface area contributed by atoms with Crippen molar-refractivity contribution >= 4 is 5.69 Å². The van der Waals surface area contributed by atoms with E-state index < -0.39 is 0 Å². The van der Waals surface area contributed by atoms with Gasteiger partial charge in [0.05, 0.1) is 17.0 Å². The molecule has 1 aliphatic rings. The third-order valence-corrected chi connectivity index (χ3v) is 3.46. The third kappa shape index (κ3) is 3.05. The molecule has 1 aromatic heterocycles. The van der Waals surface area contributed by atoms with E-state index in [9.17, 15) is 0 Å². The Morgan fingerprint density at radius 3 is 2.83 bits per heavy atom. The van der Waals surface area contributed by atoms with Crippen molar-refractivity contribution in [2.45, 2.75) is 58.1 Å². The Kier molecular flexibility index (Phi) is 3.66. The summed E-state index contributed by atoms with van der Waals surface area (Å²) in [6, 6.07) is 0.482. The minimum atomic E-state index is -0.0177. The van der Waals surface area contributed by atoms with Crippen LogP contribution in [0.1, 0.15) is 52.1 Å². The molecule has 0 amide bonds. The number of aromatic nitrogens is 2. The van der Waals surface area contributed by atoms with Crippen molar-refractivity contribution in [1.82, 2.24) is 9.78 Å². The first-order valence-electron chi connectivity index (χ1n) is 6.81. The fourth-order valence-electron chi connectivity index (χ4n) is 2.62. The van der Waals surface area contributed by atoms with Crippen LogP contribution in [0.2, 0.25) is 0 Å². The number of hydrogen-bond donors (Lipinski definition) is 1. The van der Waals surface area contributed by atoms with Crippen LogP contribution in [-0.4, -0.2) is 28.0 Å². The maximum atomic E-state index is 5.76. The number of hydrogen-bond acceptors (Lipinski definition) is 3. The lowest BCUT2D eigenvalue weighted by atomic mass is 9.93. The molecule has 1 saturated heterocycles. The number of aryl methyl sites for hydroxylation is 1. The van der Waals surface area contributed by atoms with Gasteiger partial charge in [-0.15, -0.1) is 0 Å². The second-order valence-electron chi connectivity index (χ2n) is 6.20. The van der Waals surface area contributed by atoms with Crippen molar-refractivity contribution in [2.24, 2.45) is 7.05 Å². The molecular weight excluding hydrogens is 226 g/mol. The van der Waals surface area contributed by atoms with Crippen LogP contribution in [-0.2, 0) is 11.8 Å². The monoisotopic (exact) mass is 251 g/mol. The first-order chi connectivity index (χ1) is 8.37. The summed E-state index contributed by atoms with van der Waals surface area (Å²) in [5, 5.41) is 8.18. The molecule has 0 radical (unpaired) electrons. The summed E-state index contributed by atoms with van der Waals surface area (Å²) in [6.45, 7) is 9.52. The van der Waals surface area contributed by atoms with E-state index in [2.05, 4.69) is 44.3 Å². The summed E-state index contributed by atoms with van der Waals surface area (Å²) in [7, 11) is 1.98. The van der Waals surface area contributed by atoms with Crippen LogP contribution in [0.3, 0.4) is 0 Å². The predicted molar refractivity (Wildman–Crippen MR) is 74.0 cm³/mol. The second-order valence-corrected chi connectivity index (χ2v) is 6.20. The van der Waals surface area contributed by atoms with E-state index in [1.807, 2.05) is 11.7 Å². The fraction of sp³-hybridized carbons (Fsp3) is 0.786. The zero-order chi connectivity index (χ0) is 13.3. The molecule has 1 fully saturated rings. The molecule has 0 bridgehead atoms. The van der Waals surface area contributed by atoms with Crippen molar-refractivity contribution in [2.75, 3.05) is 11.9 Å². The van der Waals surface area contributed by atoms with Gasteiger partial charge in [0.2, 0.25) is 0 Å². The van der Waals surface area contributed by atoms with Gasteiger partial charge < -0.3 is 10.1 Å². The molecule has 1 unspecified atom stereocenters. The van der Waals surface area contributed by atoms with Gasteiger partial charge >= 0.3 is 0 Å². The average molecular weight is 251 g/mol. The van der Waals surface area contributed by atoms with Gasteiger partial charge in [0, 0.05) is 25.9 Å². The number of anilines is 1. The molecule has 18 heavy (non-hydrogen) atoms. The molecule has 1 aromatic rings. The Balaban J connectivity index is 2.09. The Labute approximate surface area is 110 Å². The lowest BCUT2D eigenvalue weighted by molar-refractivity contribution is -0.0553. The van der Waals surface area contributed by atoms with Gasteiger partial charge in [0.25, 0.3) is 0 Å². The Hall–Kier alpha value is -1.03. The van der Waals surface area contributed by atoms with Gasteiger partial charge in [-0.2, -0.15) is 5.10 Å². The van der Waals surface area contributed by atoms with Gasteiger partial charge in [0.1, 0.15) is 0 Å². The fourth-order valence-corrected chi connectivity index (χ4v) is 2.62. The molecule has 2 rings (SSSR count). The Morgan fingerprint density at radius 2 is 2.22 bits per heavy atom. The highest BCUT2D eigenvalue weighted by Crippen LogP contribution is 2.29. The molecule has 1 atom stereocenters. The number of rotatable bonds is 3. The van der Waals surface area contributed by atoms with Gasteiger partial charge in [-0.25, -0.2) is 0 Å². The van der Waals surface area contributed by atoms with Crippen molar-refractivity contribution in [3.05, 3.63) is 11.9 Å². The molecule has 1 N–H and O–H groups in total. The van der Waals surface area contributed by atoms with Crippen LogP contribution in [0.5, 0.6) is 0 Å². The lowest BCUT2D eigenvalue weighted by Gasteiger charge is -2.36. The van der Waals surface area contributed by atoms with Crippen molar-refractivity contribution in [3.63, 3.8) is 0 Å². The smallest absolute Gasteiger partial charge is 0.0881 e. The summed E-state index contributed by atoms with van der Waals surface area (Å²) in [5.74, 6) is 0.446. The van der Waals surface area contributed by atoms with Crippen LogP contribution in [0.15, 0.2) is 6.20 Å². The zero-order valence-electron chi connectivity index (χ0n) is 12.2. The van der Waals surface area contributed by atoms with Crippen LogP contribution < -0.4 is 5.32 Å². The molecule has 102 valence electrons. The molecular formula is C14H25N3O. The van der Waals surface area contributed by atoms with E-state index in [1.165, 1.54) is 5.69 Å². The van der Waals surface area contributed by atoms with Gasteiger partial charge in [0.15, 0.2) is 0 Å². The molecule has 2 heterocycles. The lowest BCUT2D eigenvalue weighted by Crippen LogP contribution is -2.40. The summed E-state index contributed by atoms with van der Waals surface area (Å²) in [6.07, 6.45) is 4.19. The zero-order valence-corrected chi connectivity index (χ0v) is 12.2. The van der Waals surface area contributed by atoms with E-state index >= 15 is 0 Å². The van der Waals surface area contributed by atoms with Gasteiger partial charge in [-0.05, 0) is 32.6 Å². The highest BCUT2D eigenvalue weighted by molar-refractivity contribution is 5.48. The number of nitrogens with one attached hydrogen (secondary N) is 1. The molecule has 4 nitrogen and oxygen atoms in total. The van der Waals surface area contributed by atoms with Crippen LogP contribution in [0, 0.1) is 0 Å². The number of ether oxygens (including phenoxy) is 1. The number of nitrogens with zero attached hydrogens (tertiary/aromatic N) is 2. The molecule has 0 saturated carbocycles. The summed E-state index contributed by atoms with van der Waals surface area (Å²) < 4.78 is 7.65. The largest absolute Gasteiger partial charge is 0.379 e. The molecule has 0 aliphatic carbocycles. The maximum Gasteiger partial charge on any atom is 0.0881 e. The van der Waals surface area contributed by atoms with E-state index in [0.29, 0.717) is 12.0 Å².